The molecule has 2 rings (SSSR count). The number of carbonyl (C=O) groups is 2. The second kappa shape index (κ2) is 5.57. The van der Waals surface area contributed by atoms with Gasteiger partial charge in [-0.2, -0.15) is 13.2 Å². The lowest BCUT2D eigenvalue weighted by molar-refractivity contribution is -0.137. The topological polar surface area (TPSA) is 46.5 Å². The van der Waals surface area contributed by atoms with Crippen LogP contribution in [-0.2, 0) is 11.0 Å². The van der Waals surface area contributed by atoms with E-state index in [-0.39, 0.29) is 15.1 Å². The van der Waals surface area contributed by atoms with Crippen LogP contribution in [-0.4, -0.2) is 22.9 Å². The molecule has 0 radical (unpaired) electrons. The molecule has 1 aromatic carbocycles. The minimum absolute atomic E-state index is 0.0906. The summed E-state index contributed by atoms with van der Waals surface area (Å²) in [6.07, 6.45) is -3.07. The van der Waals surface area contributed by atoms with Crippen molar-refractivity contribution in [1.29, 1.82) is 0 Å². The van der Waals surface area contributed by atoms with Crippen molar-refractivity contribution < 1.29 is 22.8 Å². The lowest BCUT2D eigenvalue weighted by atomic mass is 9.90. The highest BCUT2D eigenvalue weighted by Gasteiger charge is 2.41. The van der Waals surface area contributed by atoms with E-state index in [4.69, 9.17) is 0 Å². The minimum Gasteiger partial charge on any atom is -0.299 e. The van der Waals surface area contributed by atoms with Crippen molar-refractivity contribution >= 4 is 50.0 Å². The van der Waals surface area contributed by atoms with Crippen LogP contribution in [0.15, 0.2) is 21.6 Å². The van der Waals surface area contributed by atoms with E-state index in [0.29, 0.717) is 0 Å². The summed E-state index contributed by atoms with van der Waals surface area (Å²) >= 11 is 3.96. The number of hydrogen-bond donors (Lipinski definition) is 0. The molecule has 0 aromatic heterocycles. The van der Waals surface area contributed by atoms with Crippen LogP contribution < -0.4 is 0 Å². The van der Waals surface area contributed by atoms with Crippen LogP contribution in [0.5, 0.6) is 0 Å². The lowest BCUT2D eigenvalue weighted by Crippen LogP contribution is -2.32. The number of rotatable bonds is 1. The molecule has 0 bridgehead atoms. The van der Waals surface area contributed by atoms with E-state index in [2.05, 4.69) is 20.9 Å². The smallest absolute Gasteiger partial charge is 0.299 e. The van der Waals surface area contributed by atoms with Crippen molar-refractivity contribution in [3.63, 3.8) is 0 Å². The summed E-state index contributed by atoms with van der Waals surface area (Å²) in [4.78, 5) is 27.9. The Labute approximate surface area is 131 Å². The number of benzene rings is 1. The average molecular weight is 380 g/mol. The van der Waals surface area contributed by atoms with Crippen LogP contribution in [0.4, 0.5) is 18.9 Å². The summed E-state index contributed by atoms with van der Waals surface area (Å²) in [6.45, 7) is 1.22. The molecule has 3 nitrogen and oxygen atoms in total. The summed E-state index contributed by atoms with van der Waals surface area (Å²) in [5.74, 6) is -2.21. The van der Waals surface area contributed by atoms with Crippen LogP contribution >= 0.6 is 27.7 Å². The third-order valence-electron chi connectivity index (χ3n) is 2.99. The zero-order chi connectivity index (χ0) is 15.9. The molecule has 1 atom stereocenters. The van der Waals surface area contributed by atoms with Gasteiger partial charge in [0.1, 0.15) is 11.7 Å². The normalized spacial score (nSPS) is 18.3. The first-order chi connectivity index (χ1) is 9.66. The van der Waals surface area contributed by atoms with Crippen molar-refractivity contribution in [3.05, 3.63) is 27.7 Å². The van der Waals surface area contributed by atoms with Crippen molar-refractivity contribution in [2.75, 3.05) is 6.26 Å². The van der Waals surface area contributed by atoms with E-state index in [1.807, 2.05) is 0 Å². The first kappa shape index (κ1) is 16.2. The summed E-state index contributed by atoms with van der Waals surface area (Å²) in [6, 6.07) is 2.14. The molecule has 0 amide bonds. The Morgan fingerprint density at radius 3 is 2.48 bits per heavy atom. The fourth-order valence-electron chi connectivity index (χ4n) is 2.09. The highest BCUT2D eigenvalue weighted by molar-refractivity contribution is 9.10. The monoisotopic (exact) mass is 379 g/mol. The Hall–Kier alpha value is -1.15. The minimum atomic E-state index is -4.63. The maximum Gasteiger partial charge on any atom is 0.418 e. The number of aliphatic imine (C=N–C) groups is 1. The van der Waals surface area contributed by atoms with Gasteiger partial charge in [0.05, 0.1) is 16.3 Å². The summed E-state index contributed by atoms with van der Waals surface area (Å²) in [5, 5.41) is 0.0906. The number of Topliss-reactive ketones (excluding diaryl/α,β-unsaturated/α-hetero) is 2. The first-order valence-electron chi connectivity index (χ1n) is 5.74. The number of thioether (sulfide) groups is 1. The molecular weight excluding hydrogens is 371 g/mol. The molecule has 1 unspecified atom stereocenters. The highest BCUT2D eigenvalue weighted by Crippen LogP contribution is 2.44. The molecule has 0 N–H and O–H groups in total. The Kier molecular flexibility index (Phi) is 4.30. The molecule has 1 aromatic rings. The van der Waals surface area contributed by atoms with Gasteiger partial charge in [0.25, 0.3) is 0 Å². The van der Waals surface area contributed by atoms with Crippen LogP contribution in [0.3, 0.4) is 0 Å². The first-order valence-corrected chi connectivity index (χ1v) is 7.76. The standard InChI is InChI=1S/C13H9BrF3NO2S/c1-5(19)9-11(20)7-3-6(14)4-8(13(15,16)17)10(7)18-12(9)21-2/h3-4,9H,1-2H3. The number of nitrogens with zero attached hydrogens (tertiary/aromatic N) is 1. The zero-order valence-corrected chi connectivity index (χ0v) is 13.3. The summed E-state index contributed by atoms with van der Waals surface area (Å²) in [7, 11) is 0. The third-order valence-corrected chi connectivity index (χ3v) is 4.20. The average Bonchev–Trinajstić information content (AvgIpc) is 2.36. The summed E-state index contributed by atoms with van der Waals surface area (Å²) in [5.41, 5.74) is -1.60. The molecule has 0 spiro atoms. The lowest BCUT2D eigenvalue weighted by Gasteiger charge is -2.23. The molecule has 1 aliphatic rings. The van der Waals surface area contributed by atoms with Crippen molar-refractivity contribution in [3.8, 4) is 0 Å². The van der Waals surface area contributed by atoms with Crippen LogP contribution in [0.25, 0.3) is 0 Å². The predicted molar refractivity (Wildman–Crippen MR) is 78.3 cm³/mol. The van der Waals surface area contributed by atoms with E-state index in [1.165, 1.54) is 13.0 Å². The van der Waals surface area contributed by atoms with Gasteiger partial charge >= 0.3 is 6.18 Å². The molecule has 112 valence electrons. The molecule has 0 saturated carbocycles. The number of halogens is 4. The Balaban J connectivity index is 2.77. The van der Waals surface area contributed by atoms with E-state index >= 15 is 0 Å². The molecule has 1 heterocycles. The quantitative estimate of drug-likeness (QED) is 0.684. The molecule has 1 aliphatic heterocycles. The largest absolute Gasteiger partial charge is 0.418 e. The molecular formula is C13H9BrF3NO2S. The number of ketones is 2. The van der Waals surface area contributed by atoms with Gasteiger partial charge in [-0.05, 0) is 25.3 Å². The SMILES string of the molecule is CSC1=Nc2c(cc(Br)cc2C(F)(F)F)C(=O)C1C(C)=O. The molecule has 0 aliphatic carbocycles. The van der Waals surface area contributed by atoms with Gasteiger partial charge in [0, 0.05) is 10.0 Å². The third kappa shape index (κ3) is 2.91. The Morgan fingerprint density at radius 1 is 1.38 bits per heavy atom. The van der Waals surface area contributed by atoms with E-state index in [9.17, 15) is 22.8 Å². The van der Waals surface area contributed by atoms with Gasteiger partial charge in [-0.25, -0.2) is 4.99 Å². The van der Waals surface area contributed by atoms with Gasteiger partial charge in [-0.3, -0.25) is 9.59 Å². The van der Waals surface area contributed by atoms with Crippen molar-refractivity contribution in [1.82, 2.24) is 0 Å². The number of alkyl halides is 3. The van der Waals surface area contributed by atoms with E-state index in [1.54, 1.807) is 6.26 Å². The van der Waals surface area contributed by atoms with Gasteiger partial charge in [0.15, 0.2) is 5.78 Å². The van der Waals surface area contributed by atoms with Gasteiger partial charge in [0.2, 0.25) is 0 Å². The van der Waals surface area contributed by atoms with Crippen molar-refractivity contribution in [2.24, 2.45) is 10.9 Å². The molecule has 8 heteroatoms. The maximum absolute atomic E-state index is 13.1. The predicted octanol–water partition coefficient (Wildman–Crippen LogP) is 4.26. The summed E-state index contributed by atoms with van der Waals surface area (Å²) < 4.78 is 39.4. The molecule has 21 heavy (non-hydrogen) atoms. The van der Waals surface area contributed by atoms with Crippen LogP contribution in [0, 0.1) is 5.92 Å². The second-order valence-electron chi connectivity index (χ2n) is 4.41. The van der Waals surface area contributed by atoms with Gasteiger partial charge in [-0.15, -0.1) is 11.8 Å². The fourth-order valence-corrected chi connectivity index (χ4v) is 3.24. The van der Waals surface area contributed by atoms with Crippen LogP contribution in [0.2, 0.25) is 0 Å². The zero-order valence-electron chi connectivity index (χ0n) is 10.9. The maximum atomic E-state index is 13.1. The van der Waals surface area contributed by atoms with Crippen molar-refractivity contribution in [2.45, 2.75) is 13.1 Å². The Morgan fingerprint density at radius 2 is 2.00 bits per heavy atom. The van der Waals surface area contributed by atoms with Gasteiger partial charge < -0.3 is 0 Å². The fraction of sp³-hybridized carbons (Fsp3) is 0.308. The second-order valence-corrected chi connectivity index (χ2v) is 6.15. The van der Waals surface area contributed by atoms with Gasteiger partial charge in [-0.1, -0.05) is 15.9 Å². The number of carbonyl (C=O) groups excluding carboxylic acids is 2. The number of hydrogen-bond acceptors (Lipinski definition) is 4. The molecule has 0 saturated heterocycles. The highest BCUT2D eigenvalue weighted by atomic mass is 79.9. The molecule has 0 fully saturated rings. The number of fused-ring (bicyclic) bond motifs is 1. The van der Waals surface area contributed by atoms with Crippen LogP contribution in [0.1, 0.15) is 22.8 Å². The van der Waals surface area contributed by atoms with E-state index < -0.39 is 34.9 Å². The van der Waals surface area contributed by atoms with E-state index in [0.717, 1.165) is 17.8 Å². The Bertz CT molecular complexity index is 670.